The van der Waals surface area contributed by atoms with Crippen molar-refractivity contribution in [3.8, 4) is 0 Å². The van der Waals surface area contributed by atoms with Crippen LogP contribution in [-0.2, 0) is 29.4 Å². The van der Waals surface area contributed by atoms with Crippen molar-refractivity contribution < 1.29 is 9.53 Å². The molecule has 1 atom stereocenters. The number of rotatable bonds is 6. The third kappa shape index (κ3) is 3.83. The van der Waals surface area contributed by atoms with Gasteiger partial charge in [-0.1, -0.05) is 39.3 Å². The van der Waals surface area contributed by atoms with Crippen LogP contribution in [0.15, 0.2) is 0 Å². The molecule has 1 rings (SSSR count). The standard InChI is InChI=1S/C15H25ClN2O2/c1-7-10-13(16)11(18(6)17-10)9-12(19)14(20-8-2)15(3,4)5/h14H,7-9H2,1-6H3. The van der Waals surface area contributed by atoms with Crippen molar-refractivity contribution >= 4 is 17.4 Å². The average Bonchev–Trinajstić information content (AvgIpc) is 2.61. The Morgan fingerprint density at radius 1 is 1.40 bits per heavy atom. The summed E-state index contributed by atoms with van der Waals surface area (Å²) < 4.78 is 7.33. The molecule has 4 nitrogen and oxygen atoms in total. The molecule has 0 aliphatic carbocycles. The second-order valence-corrected chi connectivity index (χ2v) is 6.41. The lowest BCUT2D eigenvalue weighted by atomic mass is 9.85. The number of carbonyl (C=O) groups is 1. The van der Waals surface area contributed by atoms with Crippen LogP contribution < -0.4 is 0 Å². The van der Waals surface area contributed by atoms with Crippen molar-refractivity contribution in [1.82, 2.24) is 9.78 Å². The summed E-state index contributed by atoms with van der Waals surface area (Å²) in [6.45, 7) is 10.4. The predicted molar refractivity (Wildman–Crippen MR) is 81.2 cm³/mol. The summed E-state index contributed by atoms with van der Waals surface area (Å²) in [4.78, 5) is 12.5. The highest BCUT2D eigenvalue weighted by Gasteiger charge is 2.32. The van der Waals surface area contributed by atoms with E-state index in [1.54, 1.807) is 4.68 Å². The molecular formula is C15H25ClN2O2. The molecule has 1 aromatic heterocycles. The summed E-state index contributed by atoms with van der Waals surface area (Å²) in [5.41, 5.74) is 1.37. The number of ketones is 1. The first-order chi connectivity index (χ1) is 9.22. The van der Waals surface area contributed by atoms with Gasteiger partial charge in [-0.05, 0) is 18.8 Å². The first-order valence-corrected chi connectivity index (χ1v) is 7.44. The van der Waals surface area contributed by atoms with Crippen LogP contribution in [-0.4, -0.2) is 28.3 Å². The summed E-state index contributed by atoms with van der Waals surface area (Å²) >= 11 is 6.29. The van der Waals surface area contributed by atoms with Gasteiger partial charge in [-0.15, -0.1) is 0 Å². The zero-order valence-corrected chi connectivity index (χ0v) is 14.0. The van der Waals surface area contributed by atoms with Crippen LogP contribution in [0, 0.1) is 5.41 Å². The highest BCUT2D eigenvalue weighted by atomic mass is 35.5. The molecule has 0 spiro atoms. The zero-order valence-electron chi connectivity index (χ0n) is 13.3. The highest BCUT2D eigenvalue weighted by Crippen LogP contribution is 2.27. The van der Waals surface area contributed by atoms with Crippen molar-refractivity contribution in [2.24, 2.45) is 12.5 Å². The van der Waals surface area contributed by atoms with Gasteiger partial charge < -0.3 is 4.74 Å². The summed E-state index contributed by atoms with van der Waals surface area (Å²) in [5, 5.41) is 4.95. The maximum atomic E-state index is 12.5. The van der Waals surface area contributed by atoms with Crippen LogP contribution in [0.3, 0.4) is 0 Å². The molecule has 20 heavy (non-hydrogen) atoms. The molecule has 5 heteroatoms. The van der Waals surface area contributed by atoms with Gasteiger partial charge in [0.1, 0.15) is 6.10 Å². The minimum atomic E-state index is -0.427. The van der Waals surface area contributed by atoms with Gasteiger partial charge in [0.25, 0.3) is 0 Å². The second-order valence-electron chi connectivity index (χ2n) is 6.03. The van der Waals surface area contributed by atoms with Gasteiger partial charge in [0.05, 0.1) is 22.8 Å². The number of aryl methyl sites for hydroxylation is 2. The zero-order chi connectivity index (χ0) is 15.5. The van der Waals surface area contributed by atoms with Gasteiger partial charge >= 0.3 is 0 Å². The molecule has 0 saturated heterocycles. The molecule has 0 amide bonds. The lowest BCUT2D eigenvalue weighted by Gasteiger charge is -2.29. The number of ether oxygens (including phenoxy) is 1. The van der Waals surface area contributed by atoms with E-state index in [-0.39, 0.29) is 17.6 Å². The molecule has 0 N–H and O–H groups in total. The van der Waals surface area contributed by atoms with Crippen molar-refractivity contribution in [2.75, 3.05) is 6.61 Å². The molecule has 0 aliphatic rings. The van der Waals surface area contributed by atoms with Gasteiger partial charge in [0.2, 0.25) is 0 Å². The van der Waals surface area contributed by atoms with Crippen LogP contribution in [0.1, 0.15) is 46.0 Å². The first-order valence-electron chi connectivity index (χ1n) is 7.06. The van der Waals surface area contributed by atoms with Crippen LogP contribution in [0.2, 0.25) is 5.02 Å². The van der Waals surface area contributed by atoms with E-state index >= 15 is 0 Å². The van der Waals surface area contributed by atoms with Crippen molar-refractivity contribution in [1.29, 1.82) is 0 Å². The Balaban J connectivity index is 2.97. The monoisotopic (exact) mass is 300 g/mol. The van der Waals surface area contributed by atoms with E-state index in [0.717, 1.165) is 17.8 Å². The summed E-state index contributed by atoms with van der Waals surface area (Å²) in [6, 6.07) is 0. The van der Waals surface area contributed by atoms with Crippen molar-refractivity contribution in [3.63, 3.8) is 0 Å². The topological polar surface area (TPSA) is 44.1 Å². The number of carbonyl (C=O) groups excluding carboxylic acids is 1. The predicted octanol–water partition coefficient (Wildman–Crippen LogP) is 3.20. The van der Waals surface area contributed by atoms with Gasteiger partial charge in [-0.3, -0.25) is 9.48 Å². The lowest BCUT2D eigenvalue weighted by molar-refractivity contribution is -0.136. The molecule has 0 aromatic carbocycles. The molecule has 1 heterocycles. The third-order valence-electron chi connectivity index (χ3n) is 3.26. The molecule has 0 radical (unpaired) electrons. The Morgan fingerprint density at radius 3 is 2.40 bits per heavy atom. The molecule has 0 fully saturated rings. The van der Waals surface area contributed by atoms with E-state index in [4.69, 9.17) is 16.3 Å². The fourth-order valence-corrected chi connectivity index (χ4v) is 2.62. The minimum Gasteiger partial charge on any atom is -0.370 e. The maximum absolute atomic E-state index is 12.5. The van der Waals surface area contributed by atoms with E-state index in [9.17, 15) is 4.79 Å². The number of aromatic nitrogens is 2. The van der Waals surface area contributed by atoms with Gasteiger partial charge in [-0.2, -0.15) is 5.10 Å². The SMILES string of the molecule is CCOC(C(=O)Cc1c(Cl)c(CC)nn1C)C(C)(C)C. The van der Waals surface area contributed by atoms with E-state index in [2.05, 4.69) is 5.10 Å². The minimum absolute atomic E-state index is 0.0481. The lowest BCUT2D eigenvalue weighted by Crippen LogP contribution is -2.38. The first kappa shape index (κ1) is 17.2. The van der Waals surface area contributed by atoms with Gasteiger partial charge in [0.15, 0.2) is 5.78 Å². The largest absolute Gasteiger partial charge is 0.370 e. The molecular weight excluding hydrogens is 276 g/mol. The molecule has 1 unspecified atom stereocenters. The fraction of sp³-hybridized carbons (Fsp3) is 0.733. The second kappa shape index (κ2) is 6.72. The van der Waals surface area contributed by atoms with E-state index in [1.165, 1.54) is 0 Å². The number of Topliss-reactive ketones (excluding diaryl/α,β-unsaturated/α-hetero) is 1. The molecule has 0 saturated carbocycles. The van der Waals surface area contributed by atoms with Gasteiger partial charge in [0, 0.05) is 13.7 Å². The Hall–Kier alpha value is -0.870. The quantitative estimate of drug-likeness (QED) is 0.810. The molecule has 0 bridgehead atoms. The fourth-order valence-electron chi connectivity index (χ4n) is 2.26. The van der Waals surface area contributed by atoms with E-state index < -0.39 is 6.10 Å². The highest BCUT2D eigenvalue weighted by molar-refractivity contribution is 6.32. The average molecular weight is 301 g/mol. The smallest absolute Gasteiger partial charge is 0.168 e. The van der Waals surface area contributed by atoms with Gasteiger partial charge in [-0.25, -0.2) is 0 Å². The number of hydrogen-bond acceptors (Lipinski definition) is 3. The third-order valence-corrected chi connectivity index (χ3v) is 3.69. The summed E-state index contributed by atoms with van der Waals surface area (Å²) in [7, 11) is 1.82. The van der Waals surface area contributed by atoms with E-state index in [1.807, 2.05) is 41.7 Å². The number of hydrogen-bond donors (Lipinski definition) is 0. The Labute approximate surface area is 126 Å². The molecule has 0 aliphatic heterocycles. The maximum Gasteiger partial charge on any atom is 0.168 e. The summed E-state index contributed by atoms with van der Waals surface area (Å²) in [6.07, 6.45) is 0.586. The molecule has 1 aromatic rings. The molecule has 114 valence electrons. The summed E-state index contributed by atoms with van der Waals surface area (Å²) in [5.74, 6) is 0.0481. The number of nitrogens with zero attached hydrogens (tertiary/aromatic N) is 2. The van der Waals surface area contributed by atoms with Crippen molar-refractivity contribution in [3.05, 3.63) is 16.4 Å². The van der Waals surface area contributed by atoms with E-state index in [0.29, 0.717) is 11.6 Å². The van der Waals surface area contributed by atoms with Crippen molar-refractivity contribution in [2.45, 2.75) is 53.6 Å². The Morgan fingerprint density at radius 2 is 2.00 bits per heavy atom. The van der Waals surface area contributed by atoms with Crippen LogP contribution >= 0.6 is 11.6 Å². The van der Waals surface area contributed by atoms with Crippen LogP contribution in [0.5, 0.6) is 0 Å². The number of halogens is 1. The Bertz CT molecular complexity index is 475. The van der Waals surface area contributed by atoms with Crippen LogP contribution in [0.25, 0.3) is 0 Å². The van der Waals surface area contributed by atoms with Crippen LogP contribution in [0.4, 0.5) is 0 Å². The Kier molecular flexibility index (Phi) is 5.78. The normalized spacial score (nSPS) is 13.6.